The number of hydrogen-bond donors (Lipinski definition) is 0. The van der Waals surface area contributed by atoms with Crippen molar-refractivity contribution in [3.8, 4) is 22.8 Å². The number of nitro benzene ring substituents is 1. The first kappa shape index (κ1) is 17.9. The summed E-state index contributed by atoms with van der Waals surface area (Å²) in [6, 6.07) is 13.8. The zero-order valence-electron chi connectivity index (χ0n) is 14.6. The van der Waals surface area contributed by atoms with Crippen LogP contribution in [0.1, 0.15) is 11.5 Å². The minimum absolute atomic E-state index is 0.0344. The third kappa shape index (κ3) is 3.76. The average molecular weight is 395 g/mol. The second kappa shape index (κ2) is 7.61. The summed E-state index contributed by atoms with van der Waals surface area (Å²) in [4.78, 5) is 14.7. The molecule has 0 N–H and O–H groups in total. The Balaban J connectivity index is 1.45. The van der Waals surface area contributed by atoms with Crippen LogP contribution >= 0.6 is 11.8 Å². The van der Waals surface area contributed by atoms with Crippen LogP contribution in [0.4, 0.5) is 5.69 Å². The minimum atomic E-state index is -0.470. The summed E-state index contributed by atoms with van der Waals surface area (Å²) in [5.41, 5.74) is 2.40. The van der Waals surface area contributed by atoms with Gasteiger partial charge in [-0.2, -0.15) is 4.98 Å². The van der Waals surface area contributed by atoms with Gasteiger partial charge in [0.25, 0.3) is 10.9 Å². The second-order valence-corrected chi connectivity index (χ2v) is 6.72. The van der Waals surface area contributed by atoms with Crippen LogP contribution in [-0.2, 0) is 5.75 Å². The van der Waals surface area contributed by atoms with Gasteiger partial charge >= 0.3 is 0 Å². The monoisotopic (exact) mass is 395 g/mol. The summed E-state index contributed by atoms with van der Waals surface area (Å²) >= 11 is 1.27. The van der Waals surface area contributed by atoms with E-state index in [2.05, 4.69) is 20.3 Å². The van der Waals surface area contributed by atoms with Gasteiger partial charge in [-0.15, -0.1) is 10.2 Å². The number of aryl methyl sites for hydroxylation is 1. The van der Waals surface area contributed by atoms with Crippen molar-refractivity contribution in [2.75, 3.05) is 0 Å². The largest absolute Gasteiger partial charge is 0.411 e. The van der Waals surface area contributed by atoms with E-state index in [-0.39, 0.29) is 11.5 Å². The van der Waals surface area contributed by atoms with Crippen molar-refractivity contribution in [2.45, 2.75) is 17.9 Å². The molecule has 10 heteroatoms. The van der Waals surface area contributed by atoms with Gasteiger partial charge in [-0.1, -0.05) is 47.3 Å². The molecule has 2 aromatic carbocycles. The molecule has 0 saturated carbocycles. The first-order valence-electron chi connectivity index (χ1n) is 8.20. The van der Waals surface area contributed by atoms with Crippen molar-refractivity contribution in [1.82, 2.24) is 20.3 Å². The Hall–Kier alpha value is -3.53. The van der Waals surface area contributed by atoms with Crippen LogP contribution in [0.3, 0.4) is 0 Å². The average Bonchev–Trinajstić information content (AvgIpc) is 3.36. The van der Waals surface area contributed by atoms with E-state index in [1.54, 1.807) is 12.1 Å². The smallest absolute Gasteiger partial charge is 0.277 e. The van der Waals surface area contributed by atoms with Crippen LogP contribution in [0, 0.1) is 17.0 Å². The number of nitro groups is 1. The molecule has 0 unspecified atom stereocenters. The van der Waals surface area contributed by atoms with Gasteiger partial charge in [0.1, 0.15) is 0 Å². The van der Waals surface area contributed by atoms with Crippen molar-refractivity contribution < 1.29 is 13.9 Å². The summed E-state index contributed by atoms with van der Waals surface area (Å²) in [7, 11) is 0. The SMILES string of the molecule is Cc1ccccc1-c1nnc(SCc2nc(-c3cccc([N+](=O)[O-])c3)no2)o1. The van der Waals surface area contributed by atoms with Crippen molar-refractivity contribution in [1.29, 1.82) is 0 Å². The van der Waals surface area contributed by atoms with Gasteiger partial charge in [0.2, 0.25) is 17.6 Å². The first-order valence-corrected chi connectivity index (χ1v) is 9.18. The Bertz CT molecular complexity index is 1140. The standard InChI is InChI=1S/C18H13N5O4S/c1-11-5-2-3-8-14(11)17-20-21-18(26-17)28-10-15-19-16(22-27-15)12-6-4-7-13(9-12)23(24)25/h2-9H,10H2,1H3. The molecular weight excluding hydrogens is 382 g/mol. The van der Waals surface area contributed by atoms with E-state index >= 15 is 0 Å². The van der Waals surface area contributed by atoms with Crippen LogP contribution in [0.5, 0.6) is 0 Å². The Morgan fingerprint density at radius 3 is 2.82 bits per heavy atom. The van der Waals surface area contributed by atoms with Gasteiger partial charge in [0.15, 0.2) is 0 Å². The fourth-order valence-corrected chi connectivity index (χ4v) is 3.10. The molecule has 140 valence electrons. The lowest BCUT2D eigenvalue weighted by Crippen LogP contribution is -1.89. The van der Waals surface area contributed by atoms with E-state index in [1.165, 1.54) is 23.9 Å². The molecule has 28 heavy (non-hydrogen) atoms. The highest BCUT2D eigenvalue weighted by molar-refractivity contribution is 7.98. The van der Waals surface area contributed by atoms with Crippen LogP contribution < -0.4 is 0 Å². The minimum Gasteiger partial charge on any atom is -0.411 e. The Labute approximate surface area is 162 Å². The number of rotatable bonds is 6. The molecule has 0 radical (unpaired) electrons. The molecule has 0 aliphatic carbocycles. The number of nitrogens with zero attached hydrogens (tertiary/aromatic N) is 5. The molecule has 2 heterocycles. The molecule has 0 amide bonds. The third-order valence-electron chi connectivity index (χ3n) is 3.88. The molecule has 4 aromatic rings. The molecule has 0 fully saturated rings. The van der Waals surface area contributed by atoms with Crippen molar-refractivity contribution in [3.05, 3.63) is 70.1 Å². The zero-order chi connectivity index (χ0) is 19.5. The van der Waals surface area contributed by atoms with Gasteiger partial charge in [-0.05, 0) is 18.6 Å². The van der Waals surface area contributed by atoms with Crippen LogP contribution in [0.15, 0.2) is 62.7 Å². The molecule has 0 saturated heterocycles. The highest BCUT2D eigenvalue weighted by Crippen LogP contribution is 2.28. The van der Waals surface area contributed by atoms with Gasteiger partial charge in [-0.25, -0.2) is 0 Å². The van der Waals surface area contributed by atoms with E-state index in [1.807, 2.05) is 31.2 Å². The first-order chi connectivity index (χ1) is 13.6. The molecular formula is C18H13N5O4S. The predicted octanol–water partition coefficient (Wildman–Crippen LogP) is 4.30. The Morgan fingerprint density at radius 1 is 1.14 bits per heavy atom. The predicted molar refractivity (Wildman–Crippen MR) is 100 cm³/mol. The van der Waals surface area contributed by atoms with Crippen molar-refractivity contribution in [3.63, 3.8) is 0 Å². The number of benzene rings is 2. The Kier molecular flexibility index (Phi) is 4.85. The van der Waals surface area contributed by atoms with Crippen molar-refractivity contribution >= 4 is 17.4 Å². The lowest BCUT2D eigenvalue weighted by Gasteiger charge is -1.98. The maximum Gasteiger partial charge on any atom is 0.277 e. The number of non-ortho nitro benzene ring substituents is 1. The lowest BCUT2D eigenvalue weighted by molar-refractivity contribution is -0.384. The number of thioether (sulfide) groups is 1. The molecule has 0 aliphatic heterocycles. The molecule has 0 atom stereocenters. The summed E-state index contributed by atoms with van der Waals surface area (Å²) < 4.78 is 10.9. The Morgan fingerprint density at radius 2 is 2.00 bits per heavy atom. The number of aromatic nitrogens is 4. The van der Waals surface area contributed by atoms with Crippen LogP contribution in [0.2, 0.25) is 0 Å². The maximum atomic E-state index is 10.9. The fourth-order valence-electron chi connectivity index (χ4n) is 2.50. The van der Waals surface area contributed by atoms with Gasteiger partial charge in [0, 0.05) is 23.3 Å². The fraction of sp³-hybridized carbons (Fsp3) is 0.111. The quantitative estimate of drug-likeness (QED) is 0.267. The highest BCUT2D eigenvalue weighted by atomic mass is 32.2. The molecule has 9 nitrogen and oxygen atoms in total. The summed E-state index contributed by atoms with van der Waals surface area (Å²) in [5, 5.41) is 23.2. The summed E-state index contributed by atoms with van der Waals surface area (Å²) in [5.74, 6) is 1.41. The van der Waals surface area contributed by atoms with E-state index < -0.39 is 4.92 Å². The van der Waals surface area contributed by atoms with E-state index in [4.69, 9.17) is 8.94 Å². The van der Waals surface area contributed by atoms with Gasteiger partial charge in [0.05, 0.1) is 10.7 Å². The number of hydrogen-bond acceptors (Lipinski definition) is 9. The molecule has 4 rings (SSSR count). The van der Waals surface area contributed by atoms with E-state index in [0.29, 0.717) is 28.3 Å². The molecule has 0 spiro atoms. The summed E-state index contributed by atoms with van der Waals surface area (Å²) in [6.07, 6.45) is 0. The van der Waals surface area contributed by atoms with Crippen molar-refractivity contribution in [2.24, 2.45) is 0 Å². The van der Waals surface area contributed by atoms with Gasteiger partial charge in [-0.3, -0.25) is 10.1 Å². The second-order valence-electron chi connectivity index (χ2n) is 5.80. The lowest BCUT2D eigenvalue weighted by atomic mass is 10.1. The van der Waals surface area contributed by atoms with E-state index in [9.17, 15) is 10.1 Å². The normalized spacial score (nSPS) is 10.9. The maximum absolute atomic E-state index is 10.9. The topological polar surface area (TPSA) is 121 Å². The molecule has 0 bridgehead atoms. The van der Waals surface area contributed by atoms with Gasteiger partial charge < -0.3 is 8.94 Å². The van der Waals surface area contributed by atoms with Crippen LogP contribution in [0.25, 0.3) is 22.8 Å². The summed E-state index contributed by atoms with van der Waals surface area (Å²) in [6.45, 7) is 1.97. The molecule has 0 aliphatic rings. The molecule has 2 aromatic heterocycles. The van der Waals surface area contributed by atoms with Crippen LogP contribution in [-0.4, -0.2) is 25.3 Å². The third-order valence-corrected chi connectivity index (χ3v) is 4.69. The van der Waals surface area contributed by atoms with E-state index in [0.717, 1.165) is 11.1 Å². The highest BCUT2D eigenvalue weighted by Gasteiger charge is 2.15. The zero-order valence-corrected chi connectivity index (χ0v) is 15.4.